The number of carbonyl (C=O) groups excluding carboxylic acids is 1. The fourth-order valence-corrected chi connectivity index (χ4v) is 3.56. The Balaban J connectivity index is 1.78. The lowest BCUT2D eigenvalue weighted by Crippen LogP contribution is -2.15. The molecule has 3 aromatic rings. The maximum absolute atomic E-state index is 12.6. The predicted octanol–water partition coefficient (Wildman–Crippen LogP) is 3.45. The molecule has 0 radical (unpaired) electrons. The molecule has 3 aromatic carbocycles. The molecule has 3 N–H and O–H groups in total. The van der Waals surface area contributed by atoms with Gasteiger partial charge >= 0.3 is 0 Å². The first-order valence-electron chi connectivity index (χ1n) is 8.26. The number of methoxy groups -OCH3 is 1. The second kappa shape index (κ2) is 8.01. The minimum atomic E-state index is -3.86. The van der Waals surface area contributed by atoms with Crippen LogP contribution in [0.1, 0.15) is 10.4 Å². The van der Waals surface area contributed by atoms with Crippen LogP contribution >= 0.6 is 0 Å². The van der Waals surface area contributed by atoms with Gasteiger partial charge in [0.2, 0.25) is 0 Å². The Morgan fingerprint density at radius 1 is 0.893 bits per heavy atom. The summed E-state index contributed by atoms with van der Waals surface area (Å²) in [6, 6.07) is 18.4. The zero-order valence-electron chi connectivity index (χ0n) is 14.9. The summed E-state index contributed by atoms with van der Waals surface area (Å²) in [6.07, 6.45) is 0. The van der Waals surface area contributed by atoms with E-state index in [1.807, 2.05) is 0 Å². The molecule has 3 rings (SSSR count). The van der Waals surface area contributed by atoms with Crippen LogP contribution in [0.3, 0.4) is 0 Å². The van der Waals surface area contributed by atoms with Crippen LogP contribution in [0.2, 0.25) is 0 Å². The van der Waals surface area contributed by atoms with Gasteiger partial charge in [-0.3, -0.25) is 9.52 Å². The van der Waals surface area contributed by atoms with Gasteiger partial charge in [0.05, 0.1) is 23.4 Å². The second-order valence-electron chi connectivity index (χ2n) is 5.80. The molecule has 28 heavy (non-hydrogen) atoms. The average molecular weight is 398 g/mol. The zero-order chi connectivity index (χ0) is 20.1. The number of anilines is 2. The van der Waals surface area contributed by atoms with E-state index in [2.05, 4.69) is 10.0 Å². The predicted molar refractivity (Wildman–Crippen MR) is 106 cm³/mol. The number of aromatic hydroxyl groups is 1. The van der Waals surface area contributed by atoms with Crippen LogP contribution in [0.4, 0.5) is 11.4 Å². The Hall–Kier alpha value is -3.52. The molecule has 0 aliphatic rings. The van der Waals surface area contributed by atoms with Crippen LogP contribution in [-0.2, 0) is 10.0 Å². The number of nitrogens with one attached hydrogen (secondary N) is 2. The van der Waals surface area contributed by atoms with Crippen molar-refractivity contribution in [2.45, 2.75) is 4.90 Å². The third kappa shape index (κ3) is 4.24. The topological polar surface area (TPSA) is 105 Å². The minimum absolute atomic E-state index is 0.00230. The number of hydrogen-bond acceptors (Lipinski definition) is 5. The Bertz CT molecular complexity index is 1100. The van der Waals surface area contributed by atoms with Crippen molar-refractivity contribution in [2.24, 2.45) is 0 Å². The number of rotatable bonds is 6. The van der Waals surface area contributed by atoms with E-state index >= 15 is 0 Å². The van der Waals surface area contributed by atoms with Gasteiger partial charge in [-0.2, -0.15) is 0 Å². The SMILES string of the molecule is COc1ccccc1NS(=O)(=O)c1ccc(C(=O)Nc2ccccc2O)cc1. The summed E-state index contributed by atoms with van der Waals surface area (Å²) in [6.45, 7) is 0. The molecule has 7 nitrogen and oxygen atoms in total. The lowest BCUT2D eigenvalue weighted by Gasteiger charge is -2.12. The van der Waals surface area contributed by atoms with Crippen LogP contribution in [-0.4, -0.2) is 26.5 Å². The molecule has 0 heterocycles. The molecule has 0 fully saturated rings. The zero-order valence-corrected chi connectivity index (χ0v) is 15.7. The van der Waals surface area contributed by atoms with Crippen molar-refractivity contribution < 1.29 is 23.1 Å². The summed E-state index contributed by atoms with van der Waals surface area (Å²) < 4.78 is 32.8. The maximum Gasteiger partial charge on any atom is 0.262 e. The van der Waals surface area contributed by atoms with Crippen molar-refractivity contribution in [3.05, 3.63) is 78.4 Å². The van der Waals surface area contributed by atoms with E-state index in [1.165, 1.54) is 37.4 Å². The van der Waals surface area contributed by atoms with Gasteiger partial charge in [0.15, 0.2) is 0 Å². The van der Waals surface area contributed by atoms with E-state index in [0.29, 0.717) is 11.4 Å². The Morgan fingerprint density at radius 2 is 1.50 bits per heavy atom. The van der Waals surface area contributed by atoms with Crippen molar-refractivity contribution in [1.82, 2.24) is 0 Å². The van der Waals surface area contributed by atoms with E-state index in [4.69, 9.17) is 4.74 Å². The third-order valence-corrected chi connectivity index (χ3v) is 5.31. The number of phenols is 1. The highest BCUT2D eigenvalue weighted by Gasteiger charge is 2.17. The molecule has 0 atom stereocenters. The number of benzene rings is 3. The van der Waals surface area contributed by atoms with Crippen molar-refractivity contribution >= 4 is 27.3 Å². The number of carbonyl (C=O) groups is 1. The van der Waals surface area contributed by atoms with Crippen LogP contribution in [0.25, 0.3) is 0 Å². The number of sulfonamides is 1. The fourth-order valence-electron chi connectivity index (χ4n) is 2.49. The molecule has 0 saturated carbocycles. The quantitative estimate of drug-likeness (QED) is 0.552. The van der Waals surface area contributed by atoms with E-state index in [9.17, 15) is 18.3 Å². The molecule has 0 aromatic heterocycles. The average Bonchev–Trinajstić information content (AvgIpc) is 2.70. The third-order valence-electron chi connectivity index (χ3n) is 3.93. The largest absolute Gasteiger partial charge is 0.506 e. The van der Waals surface area contributed by atoms with Crippen molar-refractivity contribution in [3.63, 3.8) is 0 Å². The van der Waals surface area contributed by atoms with Gasteiger partial charge in [0.25, 0.3) is 15.9 Å². The molecule has 0 saturated heterocycles. The van der Waals surface area contributed by atoms with Gasteiger partial charge in [-0.25, -0.2) is 8.42 Å². The van der Waals surface area contributed by atoms with Gasteiger partial charge < -0.3 is 15.2 Å². The summed E-state index contributed by atoms with van der Waals surface area (Å²) in [4.78, 5) is 12.3. The first kappa shape index (κ1) is 19.2. The van der Waals surface area contributed by atoms with Crippen LogP contribution < -0.4 is 14.8 Å². The highest BCUT2D eigenvalue weighted by Crippen LogP contribution is 2.26. The Labute approximate surface area is 162 Å². The molecule has 0 bridgehead atoms. The molecule has 144 valence electrons. The fraction of sp³-hybridized carbons (Fsp3) is 0.0500. The van der Waals surface area contributed by atoms with Crippen molar-refractivity contribution in [2.75, 3.05) is 17.1 Å². The highest BCUT2D eigenvalue weighted by molar-refractivity contribution is 7.92. The maximum atomic E-state index is 12.6. The van der Waals surface area contributed by atoms with Gasteiger partial charge in [-0.1, -0.05) is 24.3 Å². The molecule has 8 heteroatoms. The number of ether oxygens (including phenoxy) is 1. The standard InChI is InChI=1S/C20H18N2O5S/c1-27-19-9-5-3-7-17(19)22-28(25,26)15-12-10-14(11-13-15)20(24)21-16-6-2-4-8-18(16)23/h2-13,22-23H,1H3,(H,21,24). The molecule has 1 amide bonds. The first-order chi connectivity index (χ1) is 13.4. The summed E-state index contributed by atoms with van der Waals surface area (Å²) in [5.74, 6) is -0.135. The van der Waals surface area contributed by atoms with Gasteiger partial charge in [-0.05, 0) is 48.5 Å². The van der Waals surface area contributed by atoms with Gasteiger partial charge in [0.1, 0.15) is 11.5 Å². The van der Waals surface area contributed by atoms with Gasteiger partial charge in [-0.15, -0.1) is 0 Å². The summed E-state index contributed by atoms with van der Waals surface area (Å²) in [5.41, 5.74) is 0.827. The summed E-state index contributed by atoms with van der Waals surface area (Å²) >= 11 is 0. The lowest BCUT2D eigenvalue weighted by molar-refractivity contribution is 0.102. The number of amides is 1. The van der Waals surface area contributed by atoms with Crippen LogP contribution in [0.5, 0.6) is 11.5 Å². The molecule has 0 aliphatic heterocycles. The highest BCUT2D eigenvalue weighted by atomic mass is 32.2. The van der Waals surface area contributed by atoms with Crippen LogP contribution in [0.15, 0.2) is 77.7 Å². The summed E-state index contributed by atoms with van der Waals surface area (Å²) in [5, 5.41) is 12.3. The van der Waals surface area contributed by atoms with Crippen molar-refractivity contribution in [3.8, 4) is 11.5 Å². The number of hydrogen-bond donors (Lipinski definition) is 3. The molecule has 0 unspecified atom stereocenters. The Morgan fingerprint density at radius 3 is 2.14 bits per heavy atom. The smallest absolute Gasteiger partial charge is 0.262 e. The minimum Gasteiger partial charge on any atom is -0.506 e. The van der Waals surface area contributed by atoms with Crippen LogP contribution in [0, 0.1) is 0 Å². The van der Waals surface area contributed by atoms with E-state index in [-0.39, 0.29) is 21.9 Å². The normalized spacial score (nSPS) is 10.9. The van der Waals surface area contributed by atoms with E-state index in [0.717, 1.165) is 0 Å². The molecular weight excluding hydrogens is 380 g/mol. The Kier molecular flexibility index (Phi) is 5.51. The van der Waals surface area contributed by atoms with E-state index in [1.54, 1.807) is 42.5 Å². The first-order valence-corrected chi connectivity index (χ1v) is 9.74. The number of para-hydroxylation sites is 4. The number of phenolic OH excluding ortho intramolecular Hbond substituents is 1. The van der Waals surface area contributed by atoms with Crippen molar-refractivity contribution in [1.29, 1.82) is 0 Å². The second-order valence-corrected chi connectivity index (χ2v) is 7.48. The molecule has 0 aliphatic carbocycles. The molecular formula is C20H18N2O5S. The molecule has 0 spiro atoms. The van der Waals surface area contributed by atoms with E-state index < -0.39 is 15.9 Å². The lowest BCUT2D eigenvalue weighted by atomic mass is 10.2. The van der Waals surface area contributed by atoms with Gasteiger partial charge in [0, 0.05) is 5.56 Å². The monoisotopic (exact) mass is 398 g/mol. The summed E-state index contributed by atoms with van der Waals surface area (Å²) in [7, 11) is -2.41.